The van der Waals surface area contributed by atoms with Crippen molar-refractivity contribution in [2.75, 3.05) is 17.6 Å². The van der Waals surface area contributed by atoms with Gasteiger partial charge in [-0.2, -0.15) is 0 Å². The highest BCUT2D eigenvalue weighted by molar-refractivity contribution is 5.44. The van der Waals surface area contributed by atoms with Crippen molar-refractivity contribution in [3.05, 3.63) is 11.9 Å². The van der Waals surface area contributed by atoms with E-state index >= 15 is 0 Å². The van der Waals surface area contributed by atoms with E-state index in [0.717, 1.165) is 12.8 Å². The van der Waals surface area contributed by atoms with Gasteiger partial charge in [0.25, 0.3) is 0 Å². The third-order valence-electron chi connectivity index (χ3n) is 2.00. The van der Waals surface area contributed by atoms with Crippen molar-refractivity contribution >= 4 is 11.6 Å². The molecule has 1 unspecified atom stereocenters. The summed E-state index contributed by atoms with van der Waals surface area (Å²) in [6, 6.07) is 1.66. The Bertz CT molecular complexity index is 296. The predicted molar refractivity (Wildman–Crippen MR) is 60.6 cm³/mol. The number of nitrogens with zero attached hydrogens (tertiary/aromatic N) is 2. The van der Waals surface area contributed by atoms with Crippen molar-refractivity contribution in [2.45, 2.75) is 32.8 Å². The lowest BCUT2D eigenvalue weighted by Gasteiger charge is -2.11. The van der Waals surface area contributed by atoms with Crippen LogP contribution in [-0.2, 0) is 0 Å². The first kappa shape index (κ1) is 11.7. The van der Waals surface area contributed by atoms with Crippen LogP contribution in [0.1, 0.15) is 25.6 Å². The summed E-state index contributed by atoms with van der Waals surface area (Å²) in [6.45, 7) is 4.31. The zero-order chi connectivity index (χ0) is 11.3. The molecule has 5 heteroatoms. The zero-order valence-electron chi connectivity index (χ0n) is 9.20. The number of nitrogens with one attached hydrogen (secondary N) is 1. The highest BCUT2D eigenvalue weighted by Gasteiger charge is 2.03. The summed E-state index contributed by atoms with van der Waals surface area (Å²) in [5, 5.41) is 12.5. The molecule has 0 spiro atoms. The standard InChI is InChI=1S/C10H18N4O/c1-3-4-8(15)6-12-10-5-9(11)13-7(2)14-10/h5,8,15H,3-4,6H2,1-2H3,(H3,11,12,13,14). The number of aliphatic hydroxyl groups excluding tert-OH is 1. The van der Waals surface area contributed by atoms with Gasteiger partial charge in [0, 0.05) is 12.6 Å². The van der Waals surface area contributed by atoms with Crippen LogP contribution in [0.3, 0.4) is 0 Å². The van der Waals surface area contributed by atoms with Crippen molar-refractivity contribution in [2.24, 2.45) is 0 Å². The van der Waals surface area contributed by atoms with Gasteiger partial charge in [0.2, 0.25) is 0 Å². The lowest BCUT2D eigenvalue weighted by atomic mass is 10.2. The largest absolute Gasteiger partial charge is 0.391 e. The lowest BCUT2D eigenvalue weighted by Crippen LogP contribution is -2.19. The molecule has 84 valence electrons. The topological polar surface area (TPSA) is 84.1 Å². The molecular weight excluding hydrogens is 192 g/mol. The first-order chi connectivity index (χ1) is 7.11. The number of aryl methyl sites for hydroxylation is 1. The van der Waals surface area contributed by atoms with Crippen LogP contribution in [0.4, 0.5) is 11.6 Å². The van der Waals surface area contributed by atoms with E-state index in [-0.39, 0.29) is 6.10 Å². The van der Waals surface area contributed by atoms with Gasteiger partial charge in [0.05, 0.1) is 6.10 Å². The van der Waals surface area contributed by atoms with Gasteiger partial charge < -0.3 is 16.2 Å². The van der Waals surface area contributed by atoms with Crippen LogP contribution in [0.15, 0.2) is 6.07 Å². The maximum absolute atomic E-state index is 9.51. The molecule has 0 aromatic carbocycles. The van der Waals surface area contributed by atoms with E-state index < -0.39 is 0 Å². The predicted octanol–water partition coefficient (Wildman–Crippen LogP) is 0.940. The Kier molecular flexibility index (Phi) is 4.30. The molecular formula is C10H18N4O. The van der Waals surface area contributed by atoms with Crippen molar-refractivity contribution in [3.8, 4) is 0 Å². The summed E-state index contributed by atoms with van der Waals surface area (Å²) in [5.74, 6) is 1.73. The maximum Gasteiger partial charge on any atom is 0.131 e. The van der Waals surface area contributed by atoms with E-state index in [1.807, 2.05) is 6.92 Å². The Hall–Kier alpha value is -1.36. The molecule has 0 saturated carbocycles. The van der Waals surface area contributed by atoms with Crippen LogP contribution in [0, 0.1) is 6.92 Å². The fourth-order valence-electron chi connectivity index (χ4n) is 1.34. The number of hydrogen-bond donors (Lipinski definition) is 3. The van der Waals surface area contributed by atoms with Crippen molar-refractivity contribution in [1.29, 1.82) is 0 Å². The molecule has 1 atom stereocenters. The minimum absolute atomic E-state index is 0.341. The molecule has 4 N–H and O–H groups in total. The summed E-state index contributed by atoms with van der Waals surface area (Å²) in [7, 11) is 0. The van der Waals surface area contributed by atoms with Gasteiger partial charge in [0.15, 0.2) is 0 Å². The quantitative estimate of drug-likeness (QED) is 0.673. The van der Waals surface area contributed by atoms with Gasteiger partial charge in [-0.25, -0.2) is 9.97 Å². The number of aromatic nitrogens is 2. The van der Waals surface area contributed by atoms with E-state index in [1.54, 1.807) is 13.0 Å². The number of hydrogen-bond acceptors (Lipinski definition) is 5. The minimum atomic E-state index is -0.341. The number of rotatable bonds is 5. The van der Waals surface area contributed by atoms with E-state index in [1.165, 1.54) is 0 Å². The van der Waals surface area contributed by atoms with Gasteiger partial charge in [-0.05, 0) is 13.3 Å². The fraction of sp³-hybridized carbons (Fsp3) is 0.600. The molecule has 1 rings (SSSR count). The molecule has 1 heterocycles. The number of anilines is 2. The molecule has 1 aromatic rings. The molecule has 0 aliphatic carbocycles. The number of nitrogens with two attached hydrogens (primary N) is 1. The molecule has 0 saturated heterocycles. The molecule has 0 radical (unpaired) electrons. The molecule has 0 fully saturated rings. The van der Waals surface area contributed by atoms with Crippen LogP contribution in [0.25, 0.3) is 0 Å². The van der Waals surface area contributed by atoms with E-state index in [2.05, 4.69) is 15.3 Å². The third kappa shape index (κ3) is 4.12. The Morgan fingerprint density at radius 1 is 1.53 bits per heavy atom. The molecule has 15 heavy (non-hydrogen) atoms. The van der Waals surface area contributed by atoms with Gasteiger partial charge in [-0.3, -0.25) is 0 Å². The second-order valence-corrected chi connectivity index (χ2v) is 3.55. The molecule has 0 bridgehead atoms. The smallest absolute Gasteiger partial charge is 0.131 e. The average Bonchev–Trinajstić information content (AvgIpc) is 2.14. The van der Waals surface area contributed by atoms with Gasteiger partial charge in [-0.1, -0.05) is 13.3 Å². The monoisotopic (exact) mass is 210 g/mol. The summed E-state index contributed by atoms with van der Waals surface area (Å²) in [6.07, 6.45) is 1.41. The highest BCUT2D eigenvalue weighted by atomic mass is 16.3. The minimum Gasteiger partial charge on any atom is -0.391 e. The van der Waals surface area contributed by atoms with Crippen LogP contribution in [0.2, 0.25) is 0 Å². The van der Waals surface area contributed by atoms with E-state index in [4.69, 9.17) is 5.73 Å². The Labute approximate surface area is 89.7 Å². The average molecular weight is 210 g/mol. The second-order valence-electron chi connectivity index (χ2n) is 3.55. The van der Waals surface area contributed by atoms with Crippen molar-refractivity contribution in [1.82, 2.24) is 9.97 Å². The maximum atomic E-state index is 9.51. The number of aliphatic hydroxyl groups is 1. The van der Waals surface area contributed by atoms with Crippen molar-refractivity contribution < 1.29 is 5.11 Å². The molecule has 0 aliphatic rings. The first-order valence-electron chi connectivity index (χ1n) is 5.15. The van der Waals surface area contributed by atoms with Gasteiger partial charge in [-0.15, -0.1) is 0 Å². The lowest BCUT2D eigenvalue weighted by molar-refractivity contribution is 0.176. The van der Waals surface area contributed by atoms with Gasteiger partial charge >= 0.3 is 0 Å². The molecule has 1 aromatic heterocycles. The van der Waals surface area contributed by atoms with Crippen LogP contribution < -0.4 is 11.1 Å². The second kappa shape index (κ2) is 5.50. The summed E-state index contributed by atoms with van der Waals surface area (Å²) in [5.41, 5.74) is 5.57. The summed E-state index contributed by atoms with van der Waals surface area (Å²) < 4.78 is 0. The van der Waals surface area contributed by atoms with Crippen LogP contribution in [0.5, 0.6) is 0 Å². The van der Waals surface area contributed by atoms with Crippen molar-refractivity contribution in [3.63, 3.8) is 0 Å². The van der Waals surface area contributed by atoms with Gasteiger partial charge in [0.1, 0.15) is 17.5 Å². The third-order valence-corrected chi connectivity index (χ3v) is 2.00. The first-order valence-corrected chi connectivity index (χ1v) is 5.15. The Balaban J connectivity index is 2.50. The fourth-order valence-corrected chi connectivity index (χ4v) is 1.34. The van der Waals surface area contributed by atoms with E-state index in [0.29, 0.717) is 24.0 Å². The van der Waals surface area contributed by atoms with Crippen LogP contribution in [-0.4, -0.2) is 27.7 Å². The molecule has 0 amide bonds. The summed E-state index contributed by atoms with van der Waals surface area (Å²) >= 11 is 0. The summed E-state index contributed by atoms with van der Waals surface area (Å²) in [4.78, 5) is 8.11. The molecule has 0 aliphatic heterocycles. The molecule has 5 nitrogen and oxygen atoms in total. The normalized spacial score (nSPS) is 12.5. The Morgan fingerprint density at radius 2 is 2.27 bits per heavy atom. The Morgan fingerprint density at radius 3 is 2.87 bits per heavy atom. The highest BCUT2D eigenvalue weighted by Crippen LogP contribution is 2.08. The number of nitrogen functional groups attached to an aromatic ring is 1. The van der Waals surface area contributed by atoms with E-state index in [9.17, 15) is 5.11 Å². The zero-order valence-corrected chi connectivity index (χ0v) is 9.20. The SMILES string of the molecule is CCCC(O)CNc1cc(N)nc(C)n1. The van der Waals surface area contributed by atoms with Crippen LogP contribution >= 0.6 is 0 Å².